The Labute approximate surface area is 107 Å². The molecule has 2 rings (SSSR count). The number of nitrogens with two attached hydrogens (primary N) is 1. The molecule has 6 heteroatoms. The summed E-state index contributed by atoms with van der Waals surface area (Å²) in [6, 6.07) is 0. The fourth-order valence-electron chi connectivity index (χ4n) is 2.69. The fourth-order valence-corrected chi connectivity index (χ4v) is 2.69. The Morgan fingerprint density at radius 1 is 1.33 bits per heavy atom. The SMILES string of the molecule is NC(=NO)C1CCCN(C(=O)C2CCCOC2)C1. The van der Waals surface area contributed by atoms with E-state index in [2.05, 4.69) is 5.16 Å². The van der Waals surface area contributed by atoms with Crippen LogP contribution in [0.4, 0.5) is 0 Å². The molecule has 1 amide bonds. The van der Waals surface area contributed by atoms with E-state index in [0.717, 1.165) is 38.8 Å². The minimum atomic E-state index is -0.0165. The molecule has 0 aliphatic carbocycles. The summed E-state index contributed by atoms with van der Waals surface area (Å²) in [5.41, 5.74) is 5.63. The lowest BCUT2D eigenvalue weighted by Gasteiger charge is -2.35. The van der Waals surface area contributed by atoms with Gasteiger partial charge in [-0.05, 0) is 25.7 Å². The van der Waals surface area contributed by atoms with E-state index in [0.29, 0.717) is 13.2 Å². The molecule has 2 aliphatic rings. The van der Waals surface area contributed by atoms with Crippen molar-refractivity contribution in [2.45, 2.75) is 25.7 Å². The highest BCUT2D eigenvalue weighted by Crippen LogP contribution is 2.22. The lowest BCUT2D eigenvalue weighted by Crippen LogP contribution is -2.47. The number of likely N-dealkylation sites (tertiary alicyclic amines) is 1. The molecule has 2 saturated heterocycles. The Bertz CT molecular complexity index is 327. The number of hydrogen-bond donors (Lipinski definition) is 2. The van der Waals surface area contributed by atoms with Crippen LogP contribution in [-0.4, -0.2) is 48.2 Å². The summed E-state index contributed by atoms with van der Waals surface area (Å²) in [6.07, 6.45) is 3.64. The molecule has 3 N–H and O–H groups in total. The average Bonchev–Trinajstić information content (AvgIpc) is 2.46. The van der Waals surface area contributed by atoms with Crippen molar-refractivity contribution in [1.29, 1.82) is 0 Å². The molecule has 0 saturated carbocycles. The molecule has 18 heavy (non-hydrogen) atoms. The molecule has 0 aromatic rings. The van der Waals surface area contributed by atoms with Crippen LogP contribution in [0.25, 0.3) is 0 Å². The Morgan fingerprint density at radius 3 is 2.78 bits per heavy atom. The van der Waals surface area contributed by atoms with Crippen molar-refractivity contribution >= 4 is 11.7 Å². The van der Waals surface area contributed by atoms with Crippen molar-refractivity contribution in [3.63, 3.8) is 0 Å². The second-order valence-corrected chi connectivity index (χ2v) is 5.06. The first kappa shape index (κ1) is 13.1. The fraction of sp³-hybridized carbons (Fsp3) is 0.833. The lowest BCUT2D eigenvalue weighted by atomic mass is 9.94. The zero-order chi connectivity index (χ0) is 13.0. The molecule has 2 atom stereocenters. The summed E-state index contributed by atoms with van der Waals surface area (Å²) < 4.78 is 5.35. The second kappa shape index (κ2) is 6.04. The van der Waals surface area contributed by atoms with Gasteiger partial charge >= 0.3 is 0 Å². The molecule has 102 valence electrons. The zero-order valence-electron chi connectivity index (χ0n) is 10.5. The van der Waals surface area contributed by atoms with Gasteiger partial charge in [-0.15, -0.1) is 0 Å². The predicted octanol–water partition coefficient (Wildman–Crippen LogP) is 0.398. The molecular weight excluding hydrogens is 234 g/mol. The van der Waals surface area contributed by atoms with Crippen LogP contribution in [0.2, 0.25) is 0 Å². The second-order valence-electron chi connectivity index (χ2n) is 5.06. The first-order valence-corrected chi connectivity index (χ1v) is 6.56. The predicted molar refractivity (Wildman–Crippen MR) is 66.3 cm³/mol. The summed E-state index contributed by atoms with van der Waals surface area (Å²) in [7, 11) is 0. The van der Waals surface area contributed by atoms with Crippen LogP contribution in [0, 0.1) is 11.8 Å². The van der Waals surface area contributed by atoms with Gasteiger partial charge in [-0.25, -0.2) is 0 Å². The van der Waals surface area contributed by atoms with Crippen LogP contribution in [0.15, 0.2) is 5.16 Å². The van der Waals surface area contributed by atoms with Gasteiger partial charge in [-0.1, -0.05) is 5.16 Å². The number of amidine groups is 1. The van der Waals surface area contributed by atoms with E-state index in [9.17, 15) is 4.79 Å². The first-order valence-electron chi connectivity index (χ1n) is 6.56. The van der Waals surface area contributed by atoms with E-state index in [-0.39, 0.29) is 23.6 Å². The maximum absolute atomic E-state index is 12.3. The molecule has 2 unspecified atom stereocenters. The third-order valence-corrected chi connectivity index (χ3v) is 3.78. The van der Waals surface area contributed by atoms with E-state index in [1.54, 1.807) is 0 Å². The topological polar surface area (TPSA) is 88.2 Å². The number of rotatable bonds is 2. The van der Waals surface area contributed by atoms with Gasteiger partial charge in [-0.3, -0.25) is 4.79 Å². The van der Waals surface area contributed by atoms with Gasteiger partial charge in [0, 0.05) is 25.6 Å². The van der Waals surface area contributed by atoms with Crippen LogP contribution in [0.3, 0.4) is 0 Å². The number of carbonyl (C=O) groups is 1. The van der Waals surface area contributed by atoms with Crippen molar-refractivity contribution in [2.75, 3.05) is 26.3 Å². The highest BCUT2D eigenvalue weighted by atomic mass is 16.5. The number of ether oxygens (including phenoxy) is 1. The Balaban J connectivity index is 1.93. The van der Waals surface area contributed by atoms with Crippen molar-refractivity contribution in [3.8, 4) is 0 Å². The Hall–Kier alpha value is -1.30. The molecule has 0 aromatic heterocycles. The van der Waals surface area contributed by atoms with Gasteiger partial charge < -0.3 is 20.6 Å². The van der Waals surface area contributed by atoms with E-state index < -0.39 is 0 Å². The van der Waals surface area contributed by atoms with Gasteiger partial charge in [0.05, 0.1) is 12.5 Å². The largest absolute Gasteiger partial charge is 0.409 e. The van der Waals surface area contributed by atoms with E-state index in [4.69, 9.17) is 15.7 Å². The maximum Gasteiger partial charge on any atom is 0.228 e. The monoisotopic (exact) mass is 255 g/mol. The first-order chi connectivity index (χ1) is 8.72. The summed E-state index contributed by atoms with van der Waals surface area (Å²) in [5, 5.41) is 11.8. The molecule has 0 bridgehead atoms. The van der Waals surface area contributed by atoms with Gasteiger partial charge in [0.1, 0.15) is 5.84 Å². The molecule has 2 heterocycles. The number of hydrogen-bond acceptors (Lipinski definition) is 4. The van der Waals surface area contributed by atoms with Crippen molar-refractivity contribution in [2.24, 2.45) is 22.7 Å². The van der Waals surface area contributed by atoms with Crippen molar-refractivity contribution in [3.05, 3.63) is 0 Å². The summed E-state index contributed by atoms with van der Waals surface area (Å²) in [6.45, 7) is 2.62. The van der Waals surface area contributed by atoms with E-state index >= 15 is 0 Å². The number of amides is 1. The summed E-state index contributed by atoms with van der Waals surface area (Å²) in [4.78, 5) is 14.2. The van der Waals surface area contributed by atoms with Crippen LogP contribution in [0.5, 0.6) is 0 Å². The number of oxime groups is 1. The van der Waals surface area contributed by atoms with Gasteiger partial charge in [0.15, 0.2) is 0 Å². The van der Waals surface area contributed by atoms with Crippen LogP contribution in [-0.2, 0) is 9.53 Å². The standard InChI is InChI=1S/C12H21N3O3/c13-11(14-17)9-3-1-5-15(7-9)12(16)10-4-2-6-18-8-10/h9-10,17H,1-8H2,(H2,13,14). The molecule has 2 fully saturated rings. The minimum absolute atomic E-state index is 0.00945. The van der Waals surface area contributed by atoms with Gasteiger partial charge in [-0.2, -0.15) is 0 Å². The average molecular weight is 255 g/mol. The number of nitrogens with zero attached hydrogens (tertiary/aromatic N) is 2. The normalized spacial score (nSPS) is 30.2. The van der Waals surface area contributed by atoms with E-state index in [1.807, 2.05) is 4.90 Å². The molecular formula is C12H21N3O3. The highest BCUT2D eigenvalue weighted by Gasteiger charge is 2.31. The quantitative estimate of drug-likeness (QED) is 0.323. The molecule has 0 spiro atoms. The zero-order valence-corrected chi connectivity index (χ0v) is 10.5. The maximum atomic E-state index is 12.3. The van der Waals surface area contributed by atoms with Crippen molar-refractivity contribution in [1.82, 2.24) is 4.90 Å². The highest BCUT2D eigenvalue weighted by molar-refractivity contribution is 5.84. The summed E-state index contributed by atoms with van der Waals surface area (Å²) in [5.74, 6) is 0.361. The van der Waals surface area contributed by atoms with Crippen LogP contribution >= 0.6 is 0 Å². The van der Waals surface area contributed by atoms with Crippen molar-refractivity contribution < 1.29 is 14.7 Å². The Kier molecular flexibility index (Phi) is 4.41. The smallest absolute Gasteiger partial charge is 0.228 e. The third kappa shape index (κ3) is 2.93. The third-order valence-electron chi connectivity index (χ3n) is 3.78. The number of piperidine rings is 1. The molecule has 2 aliphatic heterocycles. The Morgan fingerprint density at radius 2 is 2.11 bits per heavy atom. The summed E-state index contributed by atoms with van der Waals surface area (Å²) >= 11 is 0. The van der Waals surface area contributed by atoms with Crippen LogP contribution < -0.4 is 5.73 Å². The minimum Gasteiger partial charge on any atom is -0.409 e. The molecule has 0 aromatic carbocycles. The van der Waals surface area contributed by atoms with Crippen LogP contribution in [0.1, 0.15) is 25.7 Å². The number of carbonyl (C=O) groups excluding carboxylic acids is 1. The molecule has 0 radical (unpaired) electrons. The van der Waals surface area contributed by atoms with Gasteiger partial charge in [0.2, 0.25) is 5.91 Å². The van der Waals surface area contributed by atoms with Gasteiger partial charge in [0.25, 0.3) is 0 Å². The molecule has 6 nitrogen and oxygen atoms in total. The lowest BCUT2D eigenvalue weighted by molar-refractivity contribution is -0.141. The van der Waals surface area contributed by atoms with E-state index in [1.165, 1.54) is 0 Å².